The number of nitrogens with zero attached hydrogens (tertiary/aromatic N) is 1. The topological polar surface area (TPSA) is 16.4 Å². The van der Waals surface area contributed by atoms with Gasteiger partial charge in [-0.3, -0.25) is 0 Å². The third-order valence-electron chi connectivity index (χ3n) is 2.89. The normalized spacial score (nSPS) is 11.2. The van der Waals surface area contributed by atoms with Gasteiger partial charge in [0.1, 0.15) is 11.5 Å². The molecule has 2 aromatic rings. The molecular weight excluding hydrogens is 281 g/mol. The molecule has 0 aliphatic carbocycles. The molecule has 0 saturated heterocycles. The largest absolute Gasteiger partial charge is 0.461 e. The van der Waals surface area contributed by atoms with Crippen LogP contribution in [-0.2, 0) is 6.42 Å². The lowest BCUT2D eigenvalue weighted by Gasteiger charge is -2.07. The molecule has 0 amide bonds. The lowest BCUT2D eigenvalue weighted by Crippen LogP contribution is -2.13. The summed E-state index contributed by atoms with van der Waals surface area (Å²) in [6.07, 6.45) is 2.03. The zero-order valence-electron chi connectivity index (χ0n) is 11.1. The van der Waals surface area contributed by atoms with Gasteiger partial charge in [0.2, 0.25) is 0 Å². The molecule has 2 nitrogen and oxygen atoms in total. The van der Waals surface area contributed by atoms with E-state index in [4.69, 9.17) is 27.6 Å². The zero-order valence-corrected chi connectivity index (χ0v) is 12.6. The first kappa shape index (κ1) is 14.4. The molecule has 4 heteroatoms. The number of aryl methyl sites for hydroxylation is 1. The smallest absolute Gasteiger partial charge is 0.134 e. The quantitative estimate of drug-likeness (QED) is 0.792. The Kier molecular flexibility index (Phi) is 4.92. The summed E-state index contributed by atoms with van der Waals surface area (Å²) in [4.78, 5) is 2.17. The van der Waals surface area contributed by atoms with Crippen LogP contribution in [0.1, 0.15) is 12.2 Å². The maximum absolute atomic E-state index is 6.01. The summed E-state index contributed by atoms with van der Waals surface area (Å²) < 4.78 is 5.83. The first-order chi connectivity index (χ1) is 9.06. The molecule has 0 spiro atoms. The van der Waals surface area contributed by atoms with Crippen LogP contribution in [-0.4, -0.2) is 25.5 Å². The van der Waals surface area contributed by atoms with E-state index in [0.717, 1.165) is 36.5 Å². The highest BCUT2D eigenvalue weighted by Gasteiger charge is 2.07. The lowest BCUT2D eigenvalue weighted by molar-refractivity contribution is 0.390. The van der Waals surface area contributed by atoms with Gasteiger partial charge < -0.3 is 9.32 Å². The Morgan fingerprint density at radius 1 is 1.05 bits per heavy atom. The number of rotatable bonds is 5. The summed E-state index contributed by atoms with van der Waals surface area (Å²) in [6.45, 7) is 1.06. The minimum Gasteiger partial charge on any atom is -0.461 e. The molecule has 0 saturated carbocycles. The Morgan fingerprint density at radius 2 is 1.84 bits per heavy atom. The molecule has 0 fully saturated rings. The van der Waals surface area contributed by atoms with Crippen LogP contribution in [0.5, 0.6) is 0 Å². The van der Waals surface area contributed by atoms with Crippen molar-refractivity contribution in [2.75, 3.05) is 20.6 Å². The Bertz CT molecular complexity index is 549. The van der Waals surface area contributed by atoms with E-state index >= 15 is 0 Å². The molecule has 1 aromatic heterocycles. The predicted octanol–water partition coefficient (Wildman–Crippen LogP) is 4.75. The second-order valence-corrected chi connectivity index (χ2v) is 5.62. The van der Waals surface area contributed by atoms with Crippen molar-refractivity contribution in [3.8, 4) is 11.3 Å². The third-order valence-corrected chi connectivity index (χ3v) is 3.63. The third kappa shape index (κ3) is 4.00. The van der Waals surface area contributed by atoms with Gasteiger partial charge >= 0.3 is 0 Å². The zero-order chi connectivity index (χ0) is 13.8. The highest BCUT2D eigenvalue weighted by atomic mass is 35.5. The summed E-state index contributed by atoms with van der Waals surface area (Å²) in [5, 5.41) is 1.10. The molecule has 102 valence electrons. The number of hydrogen-bond donors (Lipinski definition) is 0. The SMILES string of the molecule is CN(C)CCCc1ccc(-c2ccc(Cl)c(Cl)c2)o1. The summed E-state index contributed by atoms with van der Waals surface area (Å²) in [6, 6.07) is 9.52. The monoisotopic (exact) mass is 297 g/mol. The molecule has 1 aromatic carbocycles. The van der Waals surface area contributed by atoms with E-state index in [1.807, 2.05) is 24.3 Å². The van der Waals surface area contributed by atoms with E-state index < -0.39 is 0 Å². The fourth-order valence-electron chi connectivity index (χ4n) is 1.89. The Balaban J connectivity index is 2.05. The van der Waals surface area contributed by atoms with Gasteiger partial charge in [-0.2, -0.15) is 0 Å². The molecule has 0 atom stereocenters. The van der Waals surface area contributed by atoms with E-state index in [1.54, 1.807) is 6.07 Å². The van der Waals surface area contributed by atoms with Crippen molar-refractivity contribution in [1.29, 1.82) is 0 Å². The molecule has 0 unspecified atom stereocenters. The average molecular weight is 298 g/mol. The van der Waals surface area contributed by atoms with Gasteiger partial charge in [-0.1, -0.05) is 23.2 Å². The van der Waals surface area contributed by atoms with Crippen LogP contribution in [0, 0.1) is 0 Å². The maximum atomic E-state index is 6.01. The molecule has 0 aliphatic heterocycles. The first-order valence-corrected chi connectivity index (χ1v) is 7.01. The van der Waals surface area contributed by atoms with Crippen LogP contribution < -0.4 is 0 Å². The fourth-order valence-corrected chi connectivity index (χ4v) is 2.18. The molecule has 0 aliphatic rings. The van der Waals surface area contributed by atoms with Gasteiger partial charge in [0.25, 0.3) is 0 Å². The Hall–Kier alpha value is -0.960. The van der Waals surface area contributed by atoms with E-state index in [2.05, 4.69) is 19.0 Å². The standard InChI is InChI=1S/C15H17Cl2NO/c1-18(2)9-3-4-12-6-8-15(19-12)11-5-7-13(16)14(17)10-11/h5-8,10H,3-4,9H2,1-2H3. The average Bonchev–Trinajstić information content (AvgIpc) is 2.81. The molecule has 0 bridgehead atoms. The van der Waals surface area contributed by atoms with Crippen LogP contribution in [0.15, 0.2) is 34.7 Å². The van der Waals surface area contributed by atoms with Gasteiger partial charge in [-0.05, 0) is 57.4 Å². The summed E-state index contributed by atoms with van der Waals surface area (Å²) in [5.74, 6) is 1.83. The minimum atomic E-state index is 0.546. The highest BCUT2D eigenvalue weighted by molar-refractivity contribution is 6.42. The number of benzene rings is 1. The van der Waals surface area contributed by atoms with Crippen LogP contribution in [0.25, 0.3) is 11.3 Å². The van der Waals surface area contributed by atoms with Crippen molar-refractivity contribution in [1.82, 2.24) is 4.90 Å². The van der Waals surface area contributed by atoms with Crippen LogP contribution in [0.2, 0.25) is 10.0 Å². The van der Waals surface area contributed by atoms with Crippen molar-refractivity contribution in [3.63, 3.8) is 0 Å². The molecule has 0 radical (unpaired) electrons. The minimum absolute atomic E-state index is 0.546. The summed E-state index contributed by atoms with van der Waals surface area (Å²) in [7, 11) is 4.15. The first-order valence-electron chi connectivity index (χ1n) is 6.25. The lowest BCUT2D eigenvalue weighted by atomic mass is 10.2. The van der Waals surface area contributed by atoms with Gasteiger partial charge in [0, 0.05) is 12.0 Å². The second-order valence-electron chi connectivity index (χ2n) is 4.80. The second kappa shape index (κ2) is 6.47. The fraction of sp³-hybridized carbons (Fsp3) is 0.333. The van der Waals surface area contributed by atoms with Gasteiger partial charge in [-0.25, -0.2) is 0 Å². The molecule has 0 N–H and O–H groups in total. The van der Waals surface area contributed by atoms with Crippen molar-refractivity contribution in [2.24, 2.45) is 0 Å². The number of halogens is 2. The van der Waals surface area contributed by atoms with Gasteiger partial charge in [0.05, 0.1) is 10.0 Å². The van der Waals surface area contributed by atoms with E-state index in [9.17, 15) is 0 Å². The highest BCUT2D eigenvalue weighted by Crippen LogP contribution is 2.29. The molecular formula is C15H17Cl2NO. The summed E-state index contributed by atoms with van der Waals surface area (Å²) >= 11 is 11.9. The molecule has 19 heavy (non-hydrogen) atoms. The van der Waals surface area contributed by atoms with E-state index in [-0.39, 0.29) is 0 Å². The molecule has 1 heterocycles. The van der Waals surface area contributed by atoms with Crippen LogP contribution >= 0.6 is 23.2 Å². The Labute approximate surface area is 123 Å². The predicted molar refractivity (Wildman–Crippen MR) is 81.0 cm³/mol. The van der Waals surface area contributed by atoms with Crippen molar-refractivity contribution < 1.29 is 4.42 Å². The van der Waals surface area contributed by atoms with Crippen molar-refractivity contribution in [3.05, 3.63) is 46.1 Å². The number of hydrogen-bond acceptors (Lipinski definition) is 2. The summed E-state index contributed by atoms with van der Waals surface area (Å²) in [5.41, 5.74) is 0.952. The van der Waals surface area contributed by atoms with Gasteiger partial charge in [-0.15, -0.1) is 0 Å². The number of furan rings is 1. The van der Waals surface area contributed by atoms with Crippen LogP contribution in [0.4, 0.5) is 0 Å². The van der Waals surface area contributed by atoms with Crippen molar-refractivity contribution in [2.45, 2.75) is 12.8 Å². The van der Waals surface area contributed by atoms with E-state index in [0.29, 0.717) is 10.0 Å². The maximum Gasteiger partial charge on any atom is 0.134 e. The van der Waals surface area contributed by atoms with Gasteiger partial charge in [0.15, 0.2) is 0 Å². The van der Waals surface area contributed by atoms with Crippen molar-refractivity contribution >= 4 is 23.2 Å². The van der Waals surface area contributed by atoms with Crippen LogP contribution in [0.3, 0.4) is 0 Å². The van der Waals surface area contributed by atoms with E-state index in [1.165, 1.54) is 0 Å². The Morgan fingerprint density at radius 3 is 2.53 bits per heavy atom. The molecule has 2 rings (SSSR count).